The third-order valence-electron chi connectivity index (χ3n) is 4.17. The molecule has 0 spiro atoms. The molecule has 0 fully saturated rings. The maximum atomic E-state index is 12.8. The predicted octanol–water partition coefficient (Wildman–Crippen LogP) is 6.51. The molecule has 1 atom stereocenters. The predicted molar refractivity (Wildman–Crippen MR) is 111 cm³/mol. The van der Waals surface area contributed by atoms with Crippen LogP contribution < -0.4 is 0 Å². The van der Waals surface area contributed by atoms with E-state index in [0.29, 0.717) is 22.5 Å². The van der Waals surface area contributed by atoms with Crippen LogP contribution in [0.3, 0.4) is 0 Å². The van der Waals surface area contributed by atoms with Crippen molar-refractivity contribution in [3.8, 4) is 0 Å². The van der Waals surface area contributed by atoms with Crippen molar-refractivity contribution >= 4 is 53.2 Å². The fourth-order valence-corrected chi connectivity index (χ4v) is 3.79. The molecular weight excluding hydrogens is 458 g/mol. The lowest BCUT2D eigenvalue weighted by atomic mass is 10.1. The van der Waals surface area contributed by atoms with Crippen LogP contribution in [0.4, 0.5) is 19.1 Å². The van der Waals surface area contributed by atoms with E-state index in [9.17, 15) is 13.2 Å². The van der Waals surface area contributed by atoms with E-state index in [-0.39, 0.29) is 16.1 Å². The first kappa shape index (κ1) is 20.9. The summed E-state index contributed by atoms with van der Waals surface area (Å²) >= 11 is 12.9. The summed E-state index contributed by atoms with van der Waals surface area (Å²) in [7, 11) is 0. The Hall–Kier alpha value is -2.36. The van der Waals surface area contributed by atoms with Crippen molar-refractivity contribution in [2.45, 2.75) is 28.8 Å². The number of fused-ring (bicyclic) bond motifs is 1. The first-order chi connectivity index (χ1) is 14.3. The van der Waals surface area contributed by atoms with Gasteiger partial charge in [-0.05, 0) is 35.5 Å². The van der Waals surface area contributed by atoms with Gasteiger partial charge >= 0.3 is 6.18 Å². The number of aliphatic imine (C=N–C) groups is 1. The number of allylic oxidation sites excluding steroid dienone is 1. The number of halogens is 5. The quantitative estimate of drug-likeness (QED) is 0.436. The summed E-state index contributed by atoms with van der Waals surface area (Å²) in [5.74, 6) is 0.401. The number of pyridine rings is 1. The van der Waals surface area contributed by atoms with E-state index in [0.717, 1.165) is 29.6 Å². The molecule has 0 amide bonds. The van der Waals surface area contributed by atoms with Gasteiger partial charge in [-0.15, -0.1) is 5.10 Å². The molecule has 0 N–H and O–H groups in total. The van der Waals surface area contributed by atoms with E-state index in [1.54, 1.807) is 23.0 Å². The standard InChI is InChI=1S/C19H12Cl2F3N5S/c20-13-4-1-11(2-5-13)3-6-14-7-8-25-17-27-18(28-29(14)17)30-16-15(21)9-12(10-26-16)19(22,23)24/h1-6,8-10,14H,7H2/b6-3+. The molecule has 11 heteroatoms. The van der Waals surface area contributed by atoms with E-state index in [4.69, 9.17) is 23.2 Å². The molecule has 0 aliphatic carbocycles. The Morgan fingerprint density at radius 2 is 1.93 bits per heavy atom. The average molecular weight is 470 g/mol. The van der Waals surface area contributed by atoms with Crippen molar-refractivity contribution < 1.29 is 13.2 Å². The number of alkyl halides is 3. The molecule has 1 aromatic carbocycles. The van der Waals surface area contributed by atoms with Crippen LogP contribution >= 0.6 is 35.0 Å². The van der Waals surface area contributed by atoms with E-state index in [1.165, 1.54) is 0 Å². The van der Waals surface area contributed by atoms with E-state index in [2.05, 4.69) is 20.1 Å². The number of benzene rings is 1. The van der Waals surface area contributed by atoms with Crippen molar-refractivity contribution in [3.63, 3.8) is 0 Å². The maximum Gasteiger partial charge on any atom is 0.417 e. The Balaban J connectivity index is 1.54. The zero-order chi connectivity index (χ0) is 21.3. The topological polar surface area (TPSA) is 56.0 Å². The molecule has 0 saturated heterocycles. The van der Waals surface area contributed by atoms with Gasteiger partial charge < -0.3 is 0 Å². The summed E-state index contributed by atoms with van der Waals surface area (Å²) in [5.41, 5.74) is 0.0739. The van der Waals surface area contributed by atoms with Gasteiger partial charge in [-0.25, -0.2) is 14.7 Å². The highest BCUT2D eigenvalue weighted by Crippen LogP contribution is 2.36. The van der Waals surface area contributed by atoms with Gasteiger partial charge in [-0.2, -0.15) is 18.2 Å². The second-order valence-corrected chi connectivity index (χ2v) is 8.07. The van der Waals surface area contributed by atoms with Gasteiger partial charge in [0, 0.05) is 23.9 Å². The van der Waals surface area contributed by atoms with Crippen LogP contribution in [0.1, 0.15) is 23.6 Å². The number of hydrogen-bond donors (Lipinski definition) is 0. The molecule has 0 saturated carbocycles. The molecule has 4 rings (SSSR count). The van der Waals surface area contributed by atoms with Gasteiger partial charge in [-0.1, -0.05) is 47.5 Å². The van der Waals surface area contributed by atoms with E-state index in [1.807, 2.05) is 24.3 Å². The van der Waals surface area contributed by atoms with Gasteiger partial charge in [0.1, 0.15) is 5.03 Å². The fraction of sp³-hybridized carbons (Fsp3) is 0.158. The lowest BCUT2D eigenvalue weighted by molar-refractivity contribution is -0.137. The van der Waals surface area contributed by atoms with Crippen LogP contribution in [0, 0.1) is 0 Å². The highest BCUT2D eigenvalue weighted by atomic mass is 35.5. The molecule has 2 aromatic heterocycles. The highest BCUT2D eigenvalue weighted by molar-refractivity contribution is 7.99. The summed E-state index contributed by atoms with van der Waals surface area (Å²) in [6, 6.07) is 8.14. The largest absolute Gasteiger partial charge is 0.417 e. The third kappa shape index (κ3) is 4.69. The molecule has 1 unspecified atom stereocenters. The molecule has 0 radical (unpaired) electrons. The van der Waals surface area contributed by atoms with Crippen LogP contribution in [0.5, 0.6) is 0 Å². The minimum Gasteiger partial charge on any atom is -0.247 e. The summed E-state index contributed by atoms with van der Waals surface area (Å²) in [5, 5.41) is 5.45. The van der Waals surface area contributed by atoms with E-state index >= 15 is 0 Å². The number of rotatable bonds is 4. The second-order valence-electron chi connectivity index (χ2n) is 6.28. The number of aromatic nitrogens is 4. The second kappa shape index (κ2) is 8.41. The fourth-order valence-electron chi connectivity index (χ4n) is 2.69. The Labute approximate surface area is 183 Å². The monoisotopic (exact) mass is 469 g/mol. The lowest BCUT2D eigenvalue weighted by Gasteiger charge is -2.15. The average Bonchev–Trinajstić information content (AvgIpc) is 3.11. The zero-order valence-corrected chi connectivity index (χ0v) is 17.3. The molecular formula is C19H12Cl2F3N5S. The van der Waals surface area contributed by atoms with Crippen LogP contribution in [0.15, 0.2) is 57.8 Å². The Morgan fingerprint density at radius 3 is 2.63 bits per heavy atom. The minimum atomic E-state index is -4.51. The Kier molecular flexibility index (Phi) is 5.86. The first-order valence-electron chi connectivity index (χ1n) is 8.63. The smallest absolute Gasteiger partial charge is 0.247 e. The summed E-state index contributed by atoms with van der Waals surface area (Å²) in [4.78, 5) is 12.4. The normalized spacial score (nSPS) is 16.2. The van der Waals surface area contributed by atoms with Crippen LogP contribution in [0.2, 0.25) is 10.0 Å². The first-order valence-corrected chi connectivity index (χ1v) is 10.2. The van der Waals surface area contributed by atoms with Crippen LogP contribution in [-0.2, 0) is 6.18 Å². The van der Waals surface area contributed by atoms with Crippen molar-refractivity contribution in [3.05, 3.63) is 63.8 Å². The van der Waals surface area contributed by atoms with Crippen molar-refractivity contribution in [1.29, 1.82) is 0 Å². The van der Waals surface area contributed by atoms with Gasteiger partial charge in [0.25, 0.3) is 0 Å². The summed E-state index contributed by atoms with van der Waals surface area (Å²) < 4.78 is 40.0. The maximum absolute atomic E-state index is 12.8. The Bertz CT molecular complexity index is 1130. The van der Waals surface area contributed by atoms with Crippen molar-refractivity contribution in [1.82, 2.24) is 19.7 Å². The third-order valence-corrected chi connectivity index (χ3v) is 5.69. The molecule has 3 aromatic rings. The number of hydrogen-bond acceptors (Lipinski definition) is 5. The zero-order valence-electron chi connectivity index (χ0n) is 15.0. The molecule has 30 heavy (non-hydrogen) atoms. The van der Waals surface area contributed by atoms with Crippen molar-refractivity contribution in [2.24, 2.45) is 4.99 Å². The van der Waals surface area contributed by atoms with Gasteiger partial charge in [-0.3, -0.25) is 0 Å². The van der Waals surface area contributed by atoms with Crippen molar-refractivity contribution in [2.75, 3.05) is 0 Å². The van der Waals surface area contributed by atoms with Gasteiger partial charge in [0.15, 0.2) is 0 Å². The van der Waals surface area contributed by atoms with E-state index < -0.39 is 11.7 Å². The molecule has 0 bridgehead atoms. The highest BCUT2D eigenvalue weighted by Gasteiger charge is 2.32. The van der Waals surface area contributed by atoms with Crippen LogP contribution in [0.25, 0.3) is 6.08 Å². The summed E-state index contributed by atoms with van der Waals surface area (Å²) in [6.07, 6.45) is 2.53. The minimum absolute atomic E-state index is 0.105. The molecule has 1 aliphatic heterocycles. The summed E-state index contributed by atoms with van der Waals surface area (Å²) in [6.45, 7) is 0. The molecule has 5 nitrogen and oxygen atoms in total. The molecule has 154 valence electrons. The number of nitrogens with zero attached hydrogens (tertiary/aromatic N) is 5. The molecule has 1 aliphatic rings. The lowest BCUT2D eigenvalue weighted by Crippen LogP contribution is -2.12. The molecule has 3 heterocycles. The van der Waals surface area contributed by atoms with Crippen LogP contribution in [-0.4, -0.2) is 26.0 Å². The van der Waals surface area contributed by atoms with Gasteiger partial charge in [0.2, 0.25) is 11.1 Å². The SMILES string of the molecule is FC(F)(F)c1cnc(Sc2nc3n(n2)C(/C=C/c2ccc(Cl)cc2)CC=N3)c(Cl)c1. The Morgan fingerprint density at radius 1 is 1.17 bits per heavy atom. The van der Waals surface area contributed by atoms with Gasteiger partial charge in [0.05, 0.1) is 16.6 Å².